The summed E-state index contributed by atoms with van der Waals surface area (Å²) < 4.78 is 44.9. The lowest BCUT2D eigenvalue weighted by Crippen LogP contribution is -2.45. The number of ether oxygens (including phenoxy) is 1. The number of benzene rings is 2. The van der Waals surface area contributed by atoms with Crippen LogP contribution < -0.4 is 15.5 Å². The Balaban J connectivity index is 2.13. The summed E-state index contributed by atoms with van der Waals surface area (Å²) in [5, 5.41) is 20.9. The van der Waals surface area contributed by atoms with Crippen molar-refractivity contribution in [2.24, 2.45) is 0 Å². The number of anilines is 2. The molecule has 2 rings (SSSR count). The summed E-state index contributed by atoms with van der Waals surface area (Å²) in [5.74, 6) is -0.475. The summed E-state index contributed by atoms with van der Waals surface area (Å²) in [4.78, 5) is 15.9. The number of rotatable bonds is 7. The highest BCUT2D eigenvalue weighted by molar-refractivity contribution is 5.97. The van der Waals surface area contributed by atoms with Gasteiger partial charge in [0.1, 0.15) is 12.4 Å². The maximum Gasteiger partial charge on any atom is 0.418 e. The van der Waals surface area contributed by atoms with Gasteiger partial charge in [-0.1, -0.05) is 17.7 Å². The van der Waals surface area contributed by atoms with Crippen molar-refractivity contribution in [3.05, 3.63) is 53.1 Å². The first-order valence-corrected chi connectivity index (χ1v) is 8.45. The molecule has 0 bridgehead atoms. The van der Waals surface area contributed by atoms with Crippen LogP contribution in [0.25, 0.3) is 0 Å². The first-order valence-electron chi connectivity index (χ1n) is 8.45. The standard InChI is InChI=1S/C19H21F3N2O5/c1-11-4-7-16(12(2)8-11)28-10-18(3,26)17(25)23-13-5-6-15(24-29-27)14(9-13)19(20,21)22/h4-9,24,26-27H,10H2,1-3H3,(H,23,25)/t18-/m0/s1. The second-order valence-electron chi connectivity index (χ2n) is 6.74. The maximum absolute atomic E-state index is 13.1. The minimum absolute atomic E-state index is 0.211. The van der Waals surface area contributed by atoms with Gasteiger partial charge < -0.3 is 15.2 Å². The molecule has 0 saturated heterocycles. The molecule has 0 fully saturated rings. The number of halogens is 3. The molecule has 10 heteroatoms. The molecule has 0 radical (unpaired) electrons. The zero-order chi connectivity index (χ0) is 21.8. The smallest absolute Gasteiger partial charge is 0.418 e. The predicted octanol–water partition coefficient (Wildman–Crippen LogP) is 3.91. The molecule has 0 heterocycles. The van der Waals surface area contributed by atoms with Gasteiger partial charge in [0.15, 0.2) is 5.60 Å². The third kappa shape index (κ3) is 5.83. The van der Waals surface area contributed by atoms with Crippen molar-refractivity contribution in [1.82, 2.24) is 0 Å². The minimum atomic E-state index is -4.78. The Morgan fingerprint density at radius 3 is 2.41 bits per heavy atom. The zero-order valence-electron chi connectivity index (χ0n) is 15.9. The second kappa shape index (κ2) is 8.68. The topological polar surface area (TPSA) is 100 Å². The number of alkyl halides is 3. The van der Waals surface area contributed by atoms with Gasteiger partial charge in [0.25, 0.3) is 5.91 Å². The van der Waals surface area contributed by atoms with Crippen molar-refractivity contribution in [1.29, 1.82) is 0 Å². The van der Waals surface area contributed by atoms with Crippen LogP contribution in [0.3, 0.4) is 0 Å². The Bertz CT molecular complexity index is 885. The molecule has 4 N–H and O–H groups in total. The quantitative estimate of drug-likeness (QED) is 0.405. The van der Waals surface area contributed by atoms with Crippen LogP contribution in [0.15, 0.2) is 36.4 Å². The van der Waals surface area contributed by atoms with E-state index in [0.29, 0.717) is 11.8 Å². The van der Waals surface area contributed by atoms with Crippen molar-refractivity contribution in [3.8, 4) is 5.75 Å². The van der Waals surface area contributed by atoms with Gasteiger partial charge in [-0.2, -0.15) is 13.2 Å². The van der Waals surface area contributed by atoms with E-state index in [4.69, 9.17) is 9.99 Å². The van der Waals surface area contributed by atoms with E-state index in [-0.39, 0.29) is 5.69 Å². The van der Waals surface area contributed by atoms with Gasteiger partial charge in [-0.25, -0.2) is 10.7 Å². The first kappa shape index (κ1) is 22.5. The fourth-order valence-electron chi connectivity index (χ4n) is 2.51. The summed E-state index contributed by atoms with van der Waals surface area (Å²) in [5.41, 5.74) is -0.438. The number of aliphatic hydroxyl groups is 1. The molecule has 2 aromatic carbocycles. The molecular formula is C19H21F3N2O5. The van der Waals surface area contributed by atoms with E-state index in [1.807, 2.05) is 26.0 Å². The lowest BCUT2D eigenvalue weighted by Gasteiger charge is -2.23. The fraction of sp³-hybridized carbons (Fsp3) is 0.316. The van der Waals surface area contributed by atoms with Crippen LogP contribution in [0.4, 0.5) is 24.5 Å². The van der Waals surface area contributed by atoms with Crippen molar-refractivity contribution < 1.29 is 38.1 Å². The van der Waals surface area contributed by atoms with Crippen LogP contribution in [-0.4, -0.2) is 28.5 Å². The third-order valence-electron chi connectivity index (χ3n) is 4.07. The molecule has 29 heavy (non-hydrogen) atoms. The summed E-state index contributed by atoms with van der Waals surface area (Å²) in [6.07, 6.45) is -4.78. The number of amides is 1. The van der Waals surface area contributed by atoms with Gasteiger partial charge in [0.05, 0.1) is 11.3 Å². The molecule has 0 aliphatic rings. The second-order valence-corrected chi connectivity index (χ2v) is 6.74. The first-order chi connectivity index (χ1) is 13.4. The van der Waals surface area contributed by atoms with Crippen LogP contribution in [-0.2, 0) is 16.0 Å². The number of hydrogen-bond acceptors (Lipinski definition) is 6. The third-order valence-corrected chi connectivity index (χ3v) is 4.07. The molecule has 1 amide bonds. The lowest BCUT2D eigenvalue weighted by atomic mass is 10.1. The zero-order valence-corrected chi connectivity index (χ0v) is 15.9. The molecule has 1 atom stereocenters. The lowest BCUT2D eigenvalue weighted by molar-refractivity contribution is -0.216. The number of carbonyl (C=O) groups excluding carboxylic acids is 1. The largest absolute Gasteiger partial charge is 0.490 e. The Morgan fingerprint density at radius 2 is 1.83 bits per heavy atom. The van der Waals surface area contributed by atoms with Crippen molar-refractivity contribution in [2.45, 2.75) is 32.5 Å². The average Bonchev–Trinajstić information content (AvgIpc) is 2.61. The van der Waals surface area contributed by atoms with E-state index in [0.717, 1.165) is 23.3 Å². The molecule has 0 aromatic heterocycles. The predicted molar refractivity (Wildman–Crippen MR) is 99.4 cm³/mol. The minimum Gasteiger partial charge on any atom is -0.490 e. The summed E-state index contributed by atoms with van der Waals surface area (Å²) in [6, 6.07) is 8.12. The Hall–Kier alpha value is -2.82. The molecule has 7 nitrogen and oxygen atoms in total. The van der Waals surface area contributed by atoms with E-state index in [1.54, 1.807) is 11.5 Å². The number of hydrogen-bond donors (Lipinski definition) is 4. The van der Waals surface area contributed by atoms with Crippen molar-refractivity contribution >= 4 is 17.3 Å². The molecule has 2 aromatic rings. The van der Waals surface area contributed by atoms with Crippen LogP contribution in [0.5, 0.6) is 5.75 Å². The Morgan fingerprint density at radius 1 is 1.14 bits per heavy atom. The highest BCUT2D eigenvalue weighted by Crippen LogP contribution is 2.36. The Labute approximate surface area is 164 Å². The summed E-state index contributed by atoms with van der Waals surface area (Å²) in [6.45, 7) is 4.49. The van der Waals surface area contributed by atoms with Crippen molar-refractivity contribution in [3.63, 3.8) is 0 Å². The van der Waals surface area contributed by atoms with Crippen LogP contribution >= 0.6 is 0 Å². The van der Waals surface area contributed by atoms with Gasteiger partial charge >= 0.3 is 6.18 Å². The van der Waals surface area contributed by atoms with E-state index in [2.05, 4.69) is 10.3 Å². The fourth-order valence-corrected chi connectivity index (χ4v) is 2.51. The monoisotopic (exact) mass is 414 g/mol. The summed E-state index contributed by atoms with van der Waals surface area (Å²) in [7, 11) is 0. The highest BCUT2D eigenvalue weighted by atomic mass is 19.4. The normalized spacial score (nSPS) is 13.5. The van der Waals surface area contributed by atoms with E-state index < -0.39 is 35.5 Å². The van der Waals surface area contributed by atoms with Crippen LogP contribution in [0.1, 0.15) is 23.6 Å². The molecular weight excluding hydrogens is 393 g/mol. The van der Waals surface area contributed by atoms with Crippen molar-refractivity contribution in [2.75, 3.05) is 17.4 Å². The molecule has 0 saturated carbocycles. The molecule has 0 aliphatic carbocycles. The van der Waals surface area contributed by atoms with E-state index >= 15 is 0 Å². The average molecular weight is 414 g/mol. The number of aryl methyl sites for hydroxylation is 2. The molecule has 0 spiro atoms. The maximum atomic E-state index is 13.1. The number of nitrogens with one attached hydrogen (secondary N) is 2. The molecule has 0 aliphatic heterocycles. The van der Waals surface area contributed by atoms with Gasteiger partial charge in [0, 0.05) is 5.69 Å². The van der Waals surface area contributed by atoms with E-state index in [1.165, 1.54) is 6.92 Å². The van der Waals surface area contributed by atoms with Gasteiger partial charge in [-0.05, 0) is 50.6 Å². The highest BCUT2D eigenvalue weighted by Gasteiger charge is 2.35. The van der Waals surface area contributed by atoms with Crippen LogP contribution in [0, 0.1) is 13.8 Å². The SMILES string of the molecule is Cc1ccc(OC[C@](C)(O)C(=O)Nc2ccc(NOO)c(C(F)(F)F)c2)c(C)c1. The van der Waals surface area contributed by atoms with Crippen LogP contribution in [0.2, 0.25) is 0 Å². The summed E-state index contributed by atoms with van der Waals surface area (Å²) >= 11 is 0. The van der Waals surface area contributed by atoms with Gasteiger partial charge in [-0.3, -0.25) is 4.79 Å². The molecule has 158 valence electrons. The van der Waals surface area contributed by atoms with Gasteiger partial charge in [-0.15, -0.1) is 4.99 Å². The Kier molecular flexibility index (Phi) is 6.73. The van der Waals surface area contributed by atoms with E-state index in [9.17, 15) is 23.1 Å². The van der Waals surface area contributed by atoms with Gasteiger partial charge in [0.2, 0.25) is 0 Å². The number of carbonyl (C=O) groups is 1. The molecule has 0 unspecified atom stereocenters.